The summed E-state index contributed by atoms with van der Waals surface area (Å²) in [4.78, 5) is 22.5. The van der Waals surface area contributed by atoms with E-state index in [2.05, 4.69) is 20.2 Å². The third-order valence-corrected chi connectivity index (χ3v) is 4.44. The molecule has 1 unspecified atom stereocenters. The average molecular weight is 331 g/mol. The van der Waals surface area contributed by atoms with Crippen molar-refractivity contribution in [3.8, 4) is 0 Å². The number of benzene rings is 1. The topological polar surface area (TPSA) is 58.1 Å². The summed E-state index contributed by atoms with van der Waals surface area (Å²) in [5, 5.41) is 3.69. The molecule has 23 heavy (non-hydrogen) atoms. The van der Waals surface area contributed by atoms with Crippen LogP contribution in [0.3, 0.4) is 0 Å². The van der Waals surface area contributed by atoms with E-state index in [0.717, 1.165) is 23.7 Å². The van der Waals surface area contributed by atoms with Crippen LogP contribution in [-0.2, 0) is 0 Å². The molecule has 0 radical (unpaired) electrons. The van der Waals surface area contributed by atoms with Crippen LogP contribution in [0.15, 0.2) is 42.9 Å². The monoisotopic (exact) mass is 330 g/mol. The lowest BCUT2D eigenvalue weighted by Crippen LogP contribution is -2.37. The molecule has 3 rings (SSSR count). The fraction of sp³-hybridized carbons (Fsp3) is 0.353. The van der Waals surface area contributed by atoms with Crippen LogP contribution in [0.5, 0.6) is 0 Å². The van der Waals surface area contributed by atoms with Crippen molar-refractivity contribution in [2.45, 2.75) is 18.9 Å². The van der Waals surface area contributed by atoms with E-state index in [-0.39, 0.29) is 11.9 Å². The number of amides is 1. The Kier molecular flexibility index (Phi) is 5.20. The molecule has 1 fully saturated rings. The van der Waals surface area contributed by atoms with Gasteiger partial charge in [0.1, 0.15) is 5.69 Å². The van der Waals surface area contributed by atoms with Gasteiger partial charge in [0.15, 0.2) is 0 Å². The van der Waals surface area contributed by atoms with Crippen LogP contribution in [0.2, 0.25) is 5.02 Å². The first-order valence-corrected chi connectivity index (χ1v) is 8.16. The van der Waals surface area contributed by atoms with Crippen LogP contribution in [0.25, 0.3) is 0 Å². The molecular formula is C17H19ClN4O. The van der Waals surface area contributed by atoms with E-state index in [0.29, 0.717) is 12.2 Å². The predicted molar refractivity (Wildman–Crippen MR) is 89.4 cm³/mol. The highest BCUT2D eigenvalue weighted by atomic mass is 35.5. The molecular weight excluding hydrogens is 312 g/mol. The summed E-state index contributed by atoms with van der Waals surface area (Å²) in [6, 6.07) is 7.90. The molecule has 120 valence electrons. The SMILES string of the molecule is O=C(NCC(c1ccccc1Cl)N1CCCC1)c1cnccn1. The number of carbonyl (C=O) groups excluding carboxylic acids is 1. The molecule has 1 N–H and O–H groups in total. The zero-order valence-corrected chi connectivity index (χ0v) is 13.5. The zero-order valence-electron chi connectivity index (χ0n) is 12.8. The minimum absolute atomic E-state index is 0.0758. The summed E-state index contributed by atoms with van der Waals surface area (Å²) in [6.45, 7) is 2.55. The van der Waals surface area contributed by atoms with Gasteiger partial charge in [-0.1, -0.05) is 29.8 Å². The fourth-order valence-electron chi connectivity index (χ4n) is 2.93. The fourth-order valence-corrected chi connectivity index (χ4v) is 3.19. The minimum atomic E-state index is -0.214. The zero-order chi connectivity index (χ0) is 16.1. The molecule has 2 aromatic rings. The van der Waals surface area contributed by atoms with E-state index < -0.39 is 0 Å². The number of nitrogens with one attached hydrogen (secondary N) is 1. The normalized spacial score (nSPS) is 16.2. The van der Waals surface area contributed by atoms with Crippen molar-refractivity contribution in [3.63, 3.8) is 0 Å². The van der Waals surface area contributed by atoms with Crippen LogP contribution < -0.4 is 5.32 Å². The van der Waals surface area contributed by atoms with Gasteiger partial charge in [-0.2, -0.15) is 0 Å². The van der Waals surface area contributed by atoms with E-state index in [1.807, 2.05) is 24.3 Å². The molecule has 1 amide bonds. The van der Waals surface area contributed by atoms with Gasteiger partial charge >= 0.3 is 0 Å². The quantitative estimate of drug-likeness (QED) is 0.915. The Morgan fingerprint density at radius 1 is 1.26 bits per heavy atom. The molecule has 6 heteroatoms. The molecule has 1 aliphatic heterocycles. The first kappa shape index (κ1) is 15.9. The summed E-state index contributed by atoms with van der Waals surface area (Å²) >= 11 is 6.37. The van der Waals surface area contributed by atoms with Gasteiger partial charge in [0.2, 0.25) is 0 Å². The Morgan fingerprint density at radius 2 is 2.04 bits per heavy atom. The molecule has 0 saturated carbocycles. The Labute approximate surface area is 140 Å². The maximum absolute atomic E-state index is 12.2. The number of aromatic nitrogens is 2. The van der Waals surface area contributed by atoms with Gasteiger partial charge < -0.3 is 5.32 Å². The lowest BCUT2D eigenvalue weighted by molar-refractivity contribution is 0.0932. The molecule has 0 bridgehead atoms. The van der Waals surface area contributed by atoms with E-state index in [1.165, 1.54) is 25.2 Å². The first-order chi connectivity index (χ1) is 11.3. The van der Waals surface area contributed by atoms with Crippen molar-refractivity contribution in [2.24, 2.45) is 0 Å². The Hall–Kier alpha value is -1.98. The maximum atomic E-state index is 12.2. The van der Waals surface area contributed by atoms with E-state index in [4.69, 9.17) is 11.6 Å². The molecule has 0 aliphatic carbocycles. The highest BCUT2D eigenvalue weighted by molar-refractivity contribution is 6.31. The van der Waals surface area contributed by atoms with E-state index >= 15 is 0 Å². The highest BCUT2D eigenvalue weighted by Crippen LogP contribution is 2.29. The van der Waals surface area contributed by atoms with Crippen molar-refractivity contribution in [1.29, 1.82) is 0 Å². The summed E-state index contributed by atoms with van der Waals surface area (Å²) < 4.78 is 0. The second kappa shape index (κ2) is 7.53. The third kappa shape index (κ3) is 3.86. The molecule has 1 aromatic carbocycles. The summed E-state index contributed by atoms with van der Waals surface area (Å²) in [6.07, 6.45) is 6.89. The lowest BCUT2D eigenvalue weighted by Gasteiger charge is -2.28. The Morgan fingerprint density at radius 3 is 2.74 bits per heavy atom. The minimum Gasteiger partial charge on any atom is -0.349 e. The molecule has 1 saturated heterocycles. The summed E-state index contributed by atoms with van der Waals surface area (Å²) in [5.41, 5.74) is 1.38. The van der Waals surface area contributed by atoms with Crippen LogP contribution in [-0.4, -0.2) is 40.4 Å². The molecule has 0 spiro atoms. The van der Waals surface area contributed by atoms with Crippen molar-refractivity contribution in [1.82, 2.24) is 20.2 Å². The van der Waals surface area contributed by atoms with Crippen LogP contribution in [0, 0.1) is 0 Å². The van der Waals surface area contributed by atoms with Crippen molar-refractivity contribution in [2.75, 3.05) is 19.6 Å². The van der Waals surface area contributed by atoms with Gasteiger partial charge in [-0.15, -0.1) is 0 Å². The van der Waals surface area contributed by atoms with Crippen LogP contribution in [0.1, 0.15) is 34.9 Å². The first-order valence-electron chi connectivity index (χ1n) is 7.78. The number of hydrogen-bond donors (Lipinski definition) is 1. The number of likely N-dealkylation sites (tertiary alicyclic amines) is 1. The molecule has 1 aromatic heterocycles. The number of nitrogens with zero attached hydrogens (tertiary/aromatic N) is 3. The Bertz CT molecular complexity index is 659. The molecule has 5 nitrogen and oxygen atoms in total. The van der Waals surface area contributed by atoms with Crippen molar-refractivity contribution >= 4 is 17.5 Å². The predicted octanol–water partition coefficient (Wildman–Crippen LogP) is 2.70. The largest absolute Gasteiger partial charge is 0.349 e. The molecule has 1 aliphatic rings. The van der Waals surface area contributed by atoms with Gasteiger partial charge in [0.25, 0.3) is 5.91 Å². The van der Waals surface area contributed by atoms with Crippen molar-refractivity contribution < 1.29 is 4.79 Å². The van der Waals surface area contributed by atoms with E-state index in [1.54, 1.807) is 6.20 Å². The van der Waals surface area contributed by atoms with Crippen molar-refractivity contribution in [3.05, 3.63) is 59.1 Å². The van der Waals surface area contributed by atoms with Gasteiger partial charge in [0, 0.05) is 24.0 Å². The maximum Gasteiger partial charge on any atom is 0.271 e. The Balaban J connectivity index is 1.74. The van der Waals surface area contributed by atoms with E-state index in [9.17, 15) is 4.79 Å². The smallest absolute Gasteiger partial charge is 0.271 e. The van der Waals surface area contributed by atoms with Gasteiger partial charge in [-0.3, -0.25) is 14.7 Å². The number of rotatable bonds is 5. The second-order valence-corrected chi connectivity index (χ2v) is 5.99. The second-order valence-electron chi connectivity index (χ2n) is 5.58. The van der Waals surface area contributed by atoms with Gasteiger partial charge in [0.05, 0.1) is 12.2 Å². The van der Waals surface area contributed by atoms with Crippen LogP contribution >= 0.6 is 11.6 Å². The lowest BCUT2D eigenvalue weighted by atomic mass is 10.1. The number of hydrogen-bond acceptors (Lipinski definition) is 4. The summed E-state index contributed by atoms with van der Waals surface area (Å²) in [7, 11) is 0. The standard InChI is InChI=1S/C17H19ClN4O/c18-14-6-2-1-5-13(14)16(22-9-3-4-10-22)12-21-17(23)15-11-19-7-8-20-15/h1-2,5-8,11,16H,3-4,9-10,12H2,(H,21,23). The molecule has 1 atom stereocenters. The highest BCUT2D eigenvalue weighted by Gasteiger charge is 2.25. The summed E-state index contributed by atoms with van der Waals surface area (Å²) in [5.74, 6) is -0.214. The number of carbonyl (C=O) groups is 1. The molecule has 2 heterocycles. The van der Waals surface area contributed by atoms with Crippen LogP contribution in [0.4, 0.5) is 0 Å². The number of halogens is 1. The van der Waals surface area contributed by atoms with Gasteiger partial charge in [-0.25, -0.2) is 4.98 Å². The average Bonchev–Trinajstić information content (AvgIpc) is 3.11. The van der Waals surface area contributed by atoms with Gasteiger partial charge in [-0.05, 0) is 37.6 Å². The third-order valence-electron chi connectivity index (χ3n) is 4.10.